The Labute approximate surface area is 304 Å². The van der Waals surface area contributed by atoms with Gasteiger partial charge >= 0.3 is 0 Å². The maximum Gasteiger partial charge on any atom is 0.0798 e. The van der Waals surface area contributed by atoms with E-state index in [1.807, 2.05) is 47.9 Å². The second-order valence-corrected chi connectivity index (χ2v) is 20.6. The molecule has 7 rings (SSSR count). The van der Waals surface area contributed by atoms with Crippen molar-refractivity contribution in [2.24, 2.45) is 5.41 Å². The molecule has 0 fully saturated rings. The maximum absolute atomic E-state index is 4.71. The Hall–Kier alpha value is -3.73. The molecule has 4 aromatic carbocycles. The van der Waals surface area contributed by atoms with E-state index in [0.29, 0.717) is 0 Å². The van der Waals surface area contributed by atoms with Crippen molar-refractivity contribution in [1.82, 2.24) is 9.97 Å². The summed E-state index contributed by atoms with van der Waals surface area (Å²) in [7, 11) is -1.37. The van der Waals surface area contributed by atoms with Crippen molar-refractivity contribution in [1.29, 1.82) is 0 Å². The van der Waals surface area contributed by atoms with Crippen molar-refractivity contribution in [3.8, 4) is 33.6 Å². The number of pyridine rings is 2. The Bertz CT molecular complexity index is 2140. The molecule has 0 N–H and O–H groups in total. The minimum absolute atomic E-state index is 0. The number of benzene rings is 4. The topological polar surface area (TPSA) is 25.8 Å². The van der Waals surface area contributed by atoms with E-state index < -0.39 is 8.07 Å². The van der Waals surface area contributed by atoms with Crippen LogP contribution in [0.5, 0.6) is 0 Å². The summed E-state index contributed by atoms with van der Waals surface area (Å²) in [5.41, 5.74) is 9.58. The summed E-state index contributed by atoms with van der Waals surface area (Å²) in [5, 5.41) is 4.02. The number of aryl methyl sites for hydroxylation is 1. The minimum Gasteiger partial charge on any atom is -0.305 e. The van der Waals surface area contributed by atoms with E-state index in [-0.39, 0.29) is 25.5 Å². The van der Waals surface area contributed by atoms with Gasteiger partial charge in [-0.3, -0.25) is 0 Å². The smallest absolute Gasteiger partial charge is 0.0798 e. The van der Waals surface area contributed by atoms with Gasteiger partial charge in [0.05, 0.1) is 8.07 Å². The molecule has 0 aliphatic heterocycles. The Kier molecular flexibility index (Phi) is 11.0. The van der Waals surface area contributed by atoms with Gasteiger partial charge in [0, 0.05) is 37.2 Å². The zero-order valence-electron chi connectivity index (χ0n) is 28.8. The van der Waals surface area contributed by atoms with E-state index in [4.69, 9.17) is 4.98 Å². The van der Waals surface area contributed by atoms with Gasteiger partial charge in [-0.25, -0.2) is 0 Å². The molecule has 0 unspecified atom stereocenters. The predicted molar refractivity (Wildman–Crippen MR) is 206 cm³/mol. The third-order valence-electron chi connectivity index (χ3n) is 8.21. The van der Waals surface area contributed by atoms with Crippen molar-refractivity contribution in [3.05, 3.63) is 139 Å². The first-order valence-corrected chi connectivity index (χ1v) is 20.6. The number of hydrogen-bond acceptors (Lipinski definition) is 3. The number of nitrogens with zero attached hydrogens (tertiary/aromatic N) is 2. The zero-order valence-corrected chi connectivity index (χ0v) is 33.0. The van der Waals surface area contributed by atoms with Crippen LogP contribution in [0.15, 0.2) is 116 Å². The molecule has 48 heavy (non-hydrogen) atoms. The second kappa shape index (κ2) is 14.8. The largest absolute Gasteiger partial charge is 0.305 e. The van der Waals surface area contributed by atoms with Crippen LogP contribution in [0.4, 0.5) is 0 Å². The standard InChI is InChI=1S/C24H16NS.C19H26NSi.Ir/c1-16-10-11-20-23(14-16)26-22-9-5-8-19(24(20)22)21-15-18(12-13-25-21)17-6-3-2-4-7-17;1-19(2,3)13-16-12-17(15-10-8-7-9-11-15)20-14-18(16)21(4,5)6;/h2-7,9-15H,1H3;7-10,12,14H,13H2,1-6H3;/q2*-1;. The van der Waals surface area contributed by atoms with Crippen molar-refractivity contribution in [3.63, 3.8) is 0 Å². The van der Waals surface area contributed by atoms with Gasteiger partial charge in [-0.1, -0.05) is 106 Å². The van der Waals surface area contributed by atoms with Crippen LogP contribution in [0.1, 0.15) is 31.9 Å². The normalized spacial score (nSPS) is 11.6. The molecule has 245 valence electrons. The number of rotatable bonds is 5. The fourth-order valence-corrected chi connectivity index (χ4v) is 8.83. The molecule has 0 bridgehead atoms. The first kappa shape index (κ1) is 35.6. The third kappa shape index (κ3) is 8.27. The van der Waals surface area contributed by atoms with Gasteiger partial charge in [0.15, 0.2) is 0 Å². The van der Waals surface area contributed by atoms with E-state index in [1.54, 1.807) is 0 Å². The zero-order chi connectivity index (χ0) is 33.2. The summed E-state index contributed by atoms with van der Waals surface area (Å²) in [6.07, 6.45) is 5.10. The minimum atomic E-state index is -1.37. The van der Waals surface area contributed by atoms with E-state index in [1.165, 1.54) is 47.6 Å². The summed E-state index contributed by atoms with van der Waals surface area (Å²) in [4.78, 5) is 9.37. The third-order valence-corrected chi connectivity index (χ3v) is 11.4. The van der Waals surface area contributed by atoms with E-state index >= 15 is 0 Å². The van der Waals surface area contributed by atoms with Crippen LogP contribution in [0.2, 0.25) is 19.6 Å². The molecule has 0 atom stereocenters. The Morgan fingerprint density at radius 1 is 0.729 bits per heavy atom. The van der Waals surface area contributed by atoms with Crippen LogP contribution in [0.3, 0.4) is 0 Å². The Morgan fingerprint density at radius 2 is 1.50 bits per heavy atom. The molecule has 7 aromatic rings. The van der Waals surface area contributed by atoms with Gasteiger partial charge in [0.2, 0.25) is 0 Å². The first-order chi connectivity index (χ1) is 22.5. The molecule has 0 saturated heterocycles. The molecule has 0 saturated carbocycles. The van der Waals surface area contributed by atoms with Crippen LogP contribution in [-0.4, -0.2) is 18.0 Å². The summed E-state index contributed by atoms with van der Waals surface area (Å²) >= 11 is 1.84. The molecular weight excluding hydrogens is 797 g/mol. The van der Waals surface area contributed by atoms with Crippen LogP contribution in [0, 0.1) is 24.5 Å². The second-order valence-electron chi connectivity index (χ2n) is 14.5. The average molecular weight is 839 g/mol. The molecule has 0 aliphatic rings. The quantitative estimate of drug-likeness (QED) is 0.127. The van der Waals surface area contributed by atoms with E-state index in [9.17, 15) is 0 Å². The van der Waals surface area contributed by atoms with Gasteiger partial charge in [-0.2, -0.15) is 11.3 Å². The first-order valence-electron chi connectivity index (χ1n) is 16.3. The summed E-state index contributed by atoms with van der Waals surface area (Å²) in [6.45, 7) is 16.2. The molecular formula is C43H42IrN2SSi-2. The molecule has 0 amide bonds. The number of thiophene rings is 1. The van der Waals surface area contributed by atoms with Crippen LogP contribution in [0.25, 0.3) is 53.8 Å². The van der Waals surface area contributed by atoms with Gasteiger partial charge < -0.3 is 9.97 Å². The molecule has 5 heteroatoms. The van der Waals surface area contributed by atoms with Crippen molar-refractivity contribution in [2.75, 3.05) is 0 Å². The molecule has 0 spiro atoms. The van der Waals surface area contributed by atoms with Crippen molar-refractivity contribution >= 4 is 44.8 Å². The monoisotopic (exact) mass is 839 g/mol. The van der Waals surface area contributed by atoms with E-state index in [2.05, 4.69) is 143 Å². The molecule has 1 radical (unpaired) electrons. The van der Waals surface area contributed by atoms with Gasteiger partial charge in [-0.15, -0.1) is 59.7 Å². The van der Waals surface area contributed by atoms with Crippen molar-refractivity contribution < 1.29 is 20.1 Å². The molecule has 0 aliphatic carbocycles. The van der Waals surface area contributed by atoms with Crippen LogP contribution < -0.4 is 5.19 Å². The number of hydrogen-bond donors (Lipinski definition) is 0. The molecule has 3 aromatic heterocycles. The maximum atomic E-state index is 4.71. The number of fused-ring (bicyclic) bond motifs is 3. The van der Waals surface area contributed by atoms with Gasteiger partial charge in [0.1, 0.15) is 0 Å². The van der Waals surface area contributed by atoms with Crippen molar-refractivity contribution in [2.45, 2.75) is 53.8 Å². The Morgan fingerprint density at radius 3 is 2.21 bits per heavy atom. The summed E-state index contributed by atoms with van der Waals surface area (Å²) < 4.78 is 2.60. The molecule has 2 nitrogen and oxygen atoms in total. The SMILES string of the molecule is CC(C)(C)Cc1cc(-c2[c-]cccc2)ncc1[Si](C)(C)C.Cc1ccc2c(c1)sc1cc[c-]c(-c3cc(-c4ccccc4)ccn3)c12.[Ir]. The summed E-state index contributed by atoms with van der Waals surface area (Å²) in [6, 6.07) is 42.6. The summed E-state index contributed by atoms with van der Waals surface area (Å²) in [5.74, 6) is 0. The van der Waals surface area contributed by atoms with Gasteiger partial charge in [-0.05, 0) is 74.2 Å². The fraction of sp³-hybridized carbons (Fsp3) is 0.209. The van der Waals surface area contributed by atoms with Crippen LogP contribution in [-0.2, 0) is 26.5 Å². The molecule has 3 heterocycles. The fourth-order valence-electron chi connectivity index (χ4n) is 6.04. The van der Waals surface area contributed by atoms with Crippen LogP contribution >= 0.6 is 11.3 Å². The van der Waals surface area contributed by atoms with Gasteiger partial charge in [0.25, 0.3) is 0 Å². The van der Waals surface area contributed by atoms with E-state index in [0.717, 1.165) is 28.9 Å². The number of aromatic nitrogens is 2. The predicted octanol–water partition coefficient (Wildman–Crippen LogP) is 11.6. The Balaban J connectivity index is 0.000000189. The average Bonchev–Trinajstić information content (AvgIpc) is 3.42.